The number of methoxy groups -OCH3 is 1. The van der Waals surface area contributed by atoms with Gasteiger partial charge >= 0.3 is 0 Å². The molecule has 0 radical (unpaired) electrons. The van der Waals surface area contributed by atoms with E-state index in [9.17, 15) is 4.79 Å². The third kappa shape index (κ3) is 4.44. The van der Waals surface area contributed by atoms with E-state index in [4.69, 9.17) is 30.2 Å². The van der Waals surface area contributed by atoms with Crippen LogP contribution in [0.4, 0.5) is 0 Å². The van der Waals surface area contributed by atoms with E-state index >= 15 is 0 Å². The van der Waals surface area contributed by atoms with Gasteiger partial charge < -0.3 is 18.1 Å². The van der Waals surface area contributed by atoms with Crippen molar-refractivity contribution in [1.29, 1.82) is 0 Å². The number of fused-ring (bicyclic) bond motifs is 1. The number of hydrogen-bond acceptors (Lipinski definition) is 7. The molecule has 1 aromatic carbocycles. The molecule has 170 valence electrons. The minimum absolute atomic E-state index is 0.147. The zero-order valence-corrected chi connectivity index (χ0v) is 19.4. The van der Waals surface area contributed by atoms with Gasteiger partial charge in [0.15, 0.2) is 5.16 Å². The number of carbonyl (C=O) groups is 1. The lowest BCUT2D eigenvalue weighted by molar-refractivity contribution is -0.130. The summed E-state index contributed by atoms with van der Waals surface area (Å²) in [6, 6.07) is 12.6. The second-order valence-corrected chi connectivity index (χ2v) is 8.84. The van der Waals surface area contributed by atoms with Gasteiger partial charge in [-0.15, -0.1) is 0 Å². The Kier molecular flexibility index (Phi) is 6.26. The van der Waals surface area contributed by atoms with Crippen LogP contribution in [0, 0.1) is 0 Å². The first-order valence-electron chi connectivity index (χ1n) is 10.4. The van der Waals surface area contributed by atoms with Gasteiger partial charge in [0.1, 0.15) is 23.3 Å². The highest BCUT2D eigenvalue weighted by molar-refractivity contribution is 7.99. The van der Waals surface area contributed by atoms with Crippen molar-refractivity contribution in [2.75, 3.05) is 19.5 Å². The van der Waals surface area contributed by atoms with Crippen molar-refractivity contribution in [2.24, 2.45) is 5.10 Å². The zero-order valence-electron chi connectivity index (χ0n) is 17.8. The summed E-state index contributed by atoms with van der Waals surface area (Å²) < 4.78 is 18.4. The molecule has 10 heteroatoms. The van der Waals surface area contributed by atoms with Crippen LogP contribution in [0.25, 0.3) is 11.0 Å². The number of imidazole rings is 1. The van der Waals surface area contributed by atoms with Crippen LogP contribution in [0.1, 0.15) is 24.0 Å². The fraction of sp³-hybridized carbons (Fsp3) is 0.261. The first-order valence-corrected chi connectivity index (χ1v) is 11.7. The fourth-order valence-electron chi connectivity index (χ4n) is 3.82. The molecule has 4 aromatic rings. The van der Waals surface area contributed by atoms with Crippen LogP contribution in [0.15, 0.2) is 74.1 Å². The van der Waals surface area contributed by atoms with Crippen LogP contribution in [0.5, 0.6) is 0 Å². The topological polar surface area (TPSA) is 86.0 Å². The zero-order chi connectivity index (χ0) is 22.8. The Labute approximate surface area is 199 Å². The molecular weight excluding hydrogens is 464 g/mol. The number of carbonyl (C=O) groups excluding carboxylic acids is 1. The van der Waals surface area contributed by atoms with Crippen LogP contribution in [-0.2, 0) is 16.1 Å². The minimum atomic E-state index is -0.320. The summed E-state index contributed by atoms with van der Waals surface area (Å²) >= 11 is 7.51. The molecule has 0 spiro atoms. The summed E-state index contributed by atoms with van der Waals surface area (Å²) in [5, 5.41) is 7.40. The first-order chi connectivity index (χ1) is 16.1. The Morgan fingerprint density at radius 1 is 1.24 bits per heavy atom. The summed E-state index contributed by atoms with van der Waals surface area (Å²) in [6.07, 6.45) is 3.71. The smallest absolute Gasteiger partial charge is 0.253 e. The van der Waals surface area contributed by atoms with Gasteiger partial charge in [0.05, 0.1) is 35.9 Å². The van der Waals surface area contributed by atoms with Gasteiger partial charge in [-0.05, 0) is 42.5 Å². The summed E-state index contributed by atoms with van der Waals surface area (Å²) in [5.41, 5.74) is 2.43. The molecule has 1 unspecified atom stereocenters. The van der Waals surface area contributed by atoms with Crippen molar-refractivity contribution < 1.29 is 18.4 Å². The van der Waals surface area contributed by atoms with Crippen molar-refractivity contribution >= 4 is 46.0 Å². The normalized spacial score (nSPS) is 16.0. The van der Waals surface area contributed by atoms with Crippen LogP contribution >= 0.6 is 23.4 Å². The molecule has 0 N–H and O–H groups in total. The average molecular weight is 485 g/mol. The number of furan rings is 2. The number of thioether (sulfide) groups is 1. The van der Waals surface area contributed by atoms with Gasteiger partial charge in [0.25, 0.3) is 5.91 Å². The number of ether oxygens (including phenoxy) is 1. The van der Waals surface area contributed by atoms with E-state index in [1.165, 1.54) is 16.8 Å². The number of nitrogens with zero attached hydrogens (tertiary/aromatic N) is 4. The van der Waals surface area contributed by atoms with Gasteiger partial charge in [-0.2, -0.15) is 5.10 Å². The Bertz CT molecular complexity index is 1280. The Morgan fingerprint density at radius 2 is 2.09 bits per heavy atom. The van der Waals surface area contributed by atoms with Gasteiger partial charge in [-0.3, -0.25) is 4.79 Å². The molecule has 1 atom stereocenters. The molecule has 3 aromatic heterocycles. The highest BCUT2D eigenvalue weighted by Crippen LogP contribution is 2.34. The van der Waals surface area contributed by atoms with E-state index in [2.05, 4.69) is 5.10 Å². The van der Waals surface area contributed by atoms with E-state index in [0.717, 1.165) is 16.2 Å². The lowest BCUT2D eigenvalue weighted by atomic mass is 10.1. The third-order valence-electron chi connectivity index (χ3n) is 5.36. The molecule has 1 aliphatic heterocycles. The maximum absolute atomic E-state index is 13.3. The lowest BCUT2D eigenvalue weighted by Gasteiger charge is -2.19. The molecule has 0 bridgehead atoms. The summed E-state index contributed by atoms with van der Waals surface area (Å²) in [6.45, 7) is 1.14. The summed E-state index contributed by atoms with van der Waals surface area (Å²) in [5.74, 6) is 1.34. The Morgan fingerprint density at radius 3 is 2.85 bits per heavy atom. The van der Waals surface area contributed by atoms with Crippen molar-refractivity contribution in [3.05, 3.63) is 71.5 Å². The van der Waals surface area contributed by atoms with Crippen molar-refractivity contribution in [2.45, 2.75) is 24.2 Å². The van der Waals surface area contributed by atoms with Crippen LogP contribution in [0.3, 0.4) is 0 Å². The molecule has 0 saturated carbocycles. The number of halogens is 1. The van der Waals surface area contributed by atoms with Gasteiger partial charge in [0, 0.05) is 25.1 Å². The van der Waals surface area contributed by atoms with Crippen molar-refractivity contribution in [3.63, 3.8) is 0 Å². The monoisotopic (exact) mass is 484 g/mol. The minimum Gasteiger partial charge on any atom is -0.467 e. The number of benzene rings is 1. The molecule has 1 aliphatic rings. The van der Waals surface area contributed by atoms with E-state index in [1.807, 2.05) is 34.9 Å². The second kappa shape index (κ2) is 9.46. The summed E-state index contributed by atoms with van der Waals surface area (Å²) in [7, 11) is 1.66. The maximum Gasteiger partial charge on any atom is 0.253 e. The molecule has 5 rings (SSSR count). The summed E-state index contributed by atoms with van der Waals surface area (Å²) in [4.78, 5) is 18.0. The first kappa shape index (κ1) is 21.8. The van der Waals surface area contributed by atoms with Gasteiger partial charge in [-0.25, -0.2) is 9.99 Å². The third-order valence-corrected chi connectivity index (χ3v) is 6.56. The molecule has 8 nitrogen and oxygen atoms in total. The Hall–Kier alpha value is -3.01. The van der Waals surface area contributed by atoms with Crippen LogP contribution in [-0.4, -0.2) is 45.6 Å². The highest BCUT2D eigenvalue weighted by Gasteiger charge is 2.35. The second-order valence-electron chi connectivity index (χ2n) is 7.46. The van der Waals surface area contributed by atoms with E-state index in [1.54, 1.807) is 31.8 Å². The molecule has 0 saturated heterocycles. The molecule has 1 amide bonds. The average Bonchev–Trinajstić information content (AvgIpc) is 3.60. The SMILES string of the molecule is COCCn1c(SCC(=O)N2N=C(c3ccco3)CC2c2ccco2)nc2cc(Cl)ccc21. The number of aromatic nitrogens is 2. The van der Waals surface area contributed by atoms with E-state index < -0.39 is 0 Å². The molecule has 0 fully saturated rings. The van der Waals surface area contributed by atoms with E-state index in [0.29, 0.717) is 41.8 Å². The van der Waals surface area contributed by atoms with E-state index in [-0.39, 0.29) is 17.7 Å². The Balaban J connectivity index is 1.39. The number of hydrazone groups is 1. The standard InChI is InChI=1S/C23H21ClN4O4S/c1-30-11-8-27-18-7-6-15(24)12-16(18)25-23(27)33-14-22(29)28-19(21-5-3-10-32-21)13-17(26-28)20-4-2-9-31-20/h2-7,9-10,12,19H,8,11,13-14H2,1H3. The van der Waals surface area contributed by atoms with Crippen molar-refractivity contribution in [1.82, 2.24) is 14.6 Å². The van der Waals surface area contributed by atoms with Gasteiger partial charge in [0.2, 0.25) is 0 Å². The molecule has 4 heterocycles. The predicted molar refractivity (Wildman–Crippen MR) is 126 cm³/mol. The molecular formula is C23H21ClN4O4S. The molecule has 0 aliphatic carbocycles. The largest absolute Gasteiger partial charge is 0.467 e. The lowest BCUT2D eigenvalue weighted by Crippen LogP contribution is -2.28. The van der Waals surface area contributed by atoms with Crippen LogP contribution in [0.2, 0.25) is 5.02 Å². The van der Waals surface area contributed by atoms with Crippen molar-refractivity contribution in [3.8, 4) is 0 Å². The maximum atomic E-state index is 13.3. The van der Waals surface area contributed by atoms with Crippen LogP contribution < -0.4 is 0 Å². The number of hydrogen-bond donors (Lipinski definition) is 0. The number of rotatable bonds is 8. The fourth-order valence-corrected chi connectivity index (χ4v) is 4.88. The quantitative estimate of drug-likeness (QED) is 0.327. The predicted octanol–water partition coefficient (Wildman–Crippen LogP) is 4.99. The highest BCUT2D eigenvalue weighted by atomic mass is 35.5. The molecule has 33 heavy (non-hydrogen) atoms. The number of amides is 1. The van der Waals surface area contributed by atoms with Gasteiger partial charge in [-0.1, -0.05) is 23.4 Å².